The van der Waals surface area contributed by atoms with Gasteiger partial charge in [0.15, 0.2) is 0 Å². The molecule has 0 saturated carbocycles. The van der Waals surface area contributed by atoms with E-state index in [4.69, 9.17) is 11.6 Å². The Morgan fingerprint density at radius 2 is 1.83 bits per heavy atom. The van der Waals surface area contributed by atoms with E-state index in [0.29, 0.717) is 0 Å². The Kier molecular flexibility index (Phi) is 2.18. The summed E-state index contributed by atoms with van der Waals surface area (Å²) in [4.78, 5) is 0. The van der Waals surface area contributed by atoms with Crippen molar-refractivity contribution in [3.8, 4) is 0 Å². The largest absolute Gasteiger partial charge is 0.0843 e. The van der Waals surface area contributed by atoms with E-state index in [1.165, 1.54) is 30.4 Å². The third kappa shape index (κ3) is 1.54. The lowest BCUT2D eigenvalue weighted by atomic mass is 10.1. The second kappa shape index (κ2) is 3.32. The van der Waals surface area contributed by atoms with Gasteiger partial charge >= 0.3 is 0 Å². The van der Waals surface area contributed by atoms with E-state index in [0.717, 1.165) is 5.02 Å². The Morgan fingerprint density at radius 3 is 2.42 bits per heavy atom. The van der Waals surface area contributed by atoms with Crippen LogP contribution in [0.5, 0.6) is 0 Å². The quantitative estimate of drug-likeness (QED) is 0.612. The van der Waals surface area contributed by atoms with Gasteiger partial charge in [-0.1, -0.05) is 29.8 Å². The predicted octanol–water partition coefficient (Wildman–Crippen LogP) is 3.91. The maximum atomic E-state index is 5.80. The molecule has 1 aromatic rings. The Bertz CT molecular complexity index is 295. The lowest BCUT2D eigenvalue weighted by Gasteiger charge is -2.00. The van der Waals surface area contributed by atoms with Crippen molar-refractivity contribution in [2.45, 2.75) is 19.3 Å². The zero-order chi connectivity index (χ0) is 8.39. The molecular weight excluding hydrogens is 168 g/mol. The van der Waals surface area contributed by atoms with Gasteiger partial charge in [0, 0.05) is 5.02 Å². The standard InChI is InChI=1S/C11H11Cl/c12-11-7-5-10(6-8-11)9-3-1-2-4-9/h3,5-8H,1-2,4H2. The molecule has 1 aliphatic rings. The fourth-order valence-electron chi connectivity index (χ4n) is 1.60. The van der Waals surface area contributed by atoms with E-state index in [1.54, 1.807) is 0 Å². The third-order valence-electron chi connectivity index (χ3n) is 2.26. The lowest BCUT2D eigenvalue weighted by Crippen LogP contribution is -1.78. The van der Waals surface area contributed by atoms with Gasteiger partial charge in [-0.15, -0.1) is 0 Å². The van der Waals surface area contributed by atoms with Crippen LogP contribution >= 0.6 is 11.6 Å². The van der Waals surface area contributed by atoms with Crippen LogP contribution < -0.4 is 0 Å². The van der Waals surface area contributed by atoms with Crippen LogP contribution in [0.25, 0.3) is 5.57 Å². The molecule has 2 rings (SSSR count). The first kappa shape index (κ1) is 7.88. The van der Waals surface area contributed by atoms with Crippen LogP contribution in [0, 0.1) is 0 Å². The van der Waals surface area contributed by atoms with Crippen molar-refractivity contribution in [1.82, 2.24) is 0 Å². The van der Waals surface area contributed by atoms with Crippen molar-refractivity contribution in [2.24, 2.45) is 0 Å². The molecule has 1 aromatic carbocycles. The van der Waals surface area contributed by atoms with E-state index in [9.17, 15) is 0 Å². The van der Waals surface area contributed by atoms with Crippen LogP contribution in [-0.2, 0) is 0 Å². The van der Waals surface area contributed by atoms with Gasteiger partial charge in [0.05, 0.1) is 0 Å². The first-order chi connectivity index (χ1) is 5.86. The van der Waals surface area contributed by atoms with Crippen LogP contribution in [-0.4, -0.2) is 0 Å². The zero-order valence-electron chi connectivity index (χ0n) is 6.89. The maximum absolute atomic E-state index is 5.80. The summed E-state index contributed by atoms with van der Waals surface area (Å²) in [6.45, 7) is 0. The van der Waals surface area contributed by atoms with Gasteiger partial charge in [-0.3, -0.25) is 0 Å². The summed E-state index contributed by atoms with van der Waals surface area (Å²) in [6, 6.07) is 8.10. The third-order valence-corrected chi connectivity index (χ3v) is 2.51. The van der Waals surface area contributed by atoms with Crippen molar-refractivity contribution in [3.63, 3.8) is 0 Å². The molecule has 0 bridgehead atoms. The van der Waals surface area contributed by atoms with Crippen molar-refractivity contribution in [2.75, 3.05) is 0 Å². The zero-order valence-corrected chi connectivity index (χ0v) is 7.64. The molecule has 0 heterocycles. The monoisotopic (exact) mass is 178 g/mol. The van der Waals surface area contributed by atoms with E-state index in [2.05, 4.69) is 18.2 Å². The van der Waals surface area contributed by atoms with E-state index in [1.807, 2.05) is 12.1 Å². The molecule has 62 valence electrons. The molecule has 0 amide bonds. The van der Waals surface area contributed by atoms with Crippen molar-refractivity contribution < 1.29 is 0 Å². The van der Waals surface area contributed by atoms with Crippen molar-refractivity contribution in [3.05, 3.63) is 40.9 Å². The molecule has 0 N–H and O–H groups in total. The molecule has 0 aromatic heterocycles. The smallest absolute Gasteiger partial charge is 0.0406 e. The number of rotatable bonds is 1. The molecule has 0 fully saturated rings. The summed E-state index contributed by atoms with van der Waals surface area (Å²) in [6.07, 6.45) is 6.08. The molecule has 0 radical (unpaired) electrons. The number of halogens is 1. The second-order valence-electron chi connectivity index (χ2n) is 3.13. The Balaban J connectivity index is 2.28. The molecule has 0 aliphatic heterocycles. The first-order valence-electron chi connectivity index (χ1n) is 4.31. The van der Waals surface area contributed by atoms with Crippen LogP contribution in [0.3, 0.4) is 0 Å². The Morgan fingerprint density at radius 1 is 1.08 bits per heavy atom. The van der Waals surface area contributed by atoms with Crippen LogP contribution in [0.15, 0.2) is 30.3 Å². The molecular formula is C11H11Cl. The molecule has 0 spiro atoms. The van der Waals surface area contributed by atoms with Gasteiger partial charge in [0.2, 0.25) is 0 Å². The van der Waals surface area contributed by atoms with Crippen LogP contribution in [0.4, 0.5) is 0 Å². The fourth-order valence-corrected chi connectivity index (χ4v) is 1.72. The number of benzene rings is 1. The SMILES string of the molecule is Clc1ccc(C2=CCCC2)cc1. The van der Waals surface area contributed by atoms with Crippen molar-refractivity contribution >= 4 is 17.2 Å². The van der Waals surface area contributed by atoms with Crippen LogP contribution in [0.1, 0.15) is 24.8 Å². The summed E-state index contributed by atoms with van der Waals surface area (Å²) >= 11 is 5.80. The summed E-state index contributed by atoms with van der Waals surface area (Å²) in [7, 11) is 0. The van der Waals surface area contributed by atoms with Crippen molar-refractivity contribution in [1.29, 1.82) is 0 Å². The molecule has 1 heteroatoms. The molecule has 1 aliphatic carbocycles. The predicted molar refractivity (Wildman–Crippen MR) is 53.3 cm³/mol. The maximum Gasteiger partial charge on any atom is 0.0406 e. The summed E-state index contributed by atoms with van der Waals surface area (Å²) < 4.78 is 0. The molecule has 0 atom stereocenters. The summed E-state index contributed by atoms with van der Waals surface area (Å²) in [5, 5.41) is 0.817. The summed E-state index contributed by atoms with van der Waals surface area (Å²) in [5.41, 5.74) is 2.81. The highest BCUT2D eigenvalue weighted by Crippen LogP contribution is 2.27. The molecule has 0 saturated heterocycles. The van der Waals surface area contributed by atoms with Gasteiger partial charge in [-0.2, -0.15) is 0 Å². The lowest BCUT2D eigenvalue weighted by molar-refractivity contribution is 0.935. The molecule has 0 nitrogen and oxygen atoms in total. The highest BCUT2D eigenvalue weighted by molar-refractivity contribution is 6.30. The summed E-state index contributed by atoms with van der Waals surface area (Å²) in [5.74, 6) is 0. The Labute approximate surface area is 77.9 Å². The normalized spacial score (nSPS) is 16.2. The number of hydrogen-bond donors (Lipinski definition) is 0. The van der Waals surface area contributed by atoms with E-state index in [-0.39, 0.29) is 0 Å². The van der Waals surface area contributed by atoms with Gasteiger partial charge in [0.1, 0.15) is 0 Å². The highest BCUT2D eigenvalue weighted by atomic mass is 35.5. The average Bonchev–Trinajstić information content (AvgIpc) is 2.58. The number of allylic oxidation sites excluding steroid dienone is 2. The Hall–Kier alpha value is -0.750. The molecule has 12 heavy (non-hydrogen) atoms. The second-order valence-corrected chi connectivity index (χ2v) is 3.56. The van der Waals surface area contributed by atoms with Gasteiger partial charge in [-0.05, 0) is 42.5 Å². The van der Waals surface area contributed by atoms with Crippen LogP contribution in [0.2, 0.25) is 5.02 Å². The van der Waals surface area contributed by atoms with E-state index < -0.39 is 0 Å². The van der Waals surface area contributed by atoms with Gasteiger partial charge in [-0.25, -0.2) is 0 Å². The minimum Gasteiger partial charge on any atom is -0.0843 e. The topological polar surface area (TPSA) is 0 Å². The average molecular weight is 179 g/mol. The van der Waals surface area contributed by atoms with Gasteiger partial charge < -0.3 is 0 Å². The molecule has 0 unspecified atom stereocenters. The van der Waals surface area contributed by atoms with E-state index >= 15 is 0 Å². The first-order valence-corrected chi connectivity index (χ1v) is 4.69. The fraction of sp³-hybridized carbons (Fsp3) is 0.273. The minimum atomic E-state index is 0.817. The minimum absolute atomic E-state index is 0.817. The highest BCUT2D eigenvalue weighted by Gasteiger charge is 2.05. The number of hydrogen-bond acceptors (Lipinski definition) is 0. The van der Waals surface area contributed by atoms with Gasteiger partial charge in [0.25, 0.3) is 0 Å².